The Morgan fingerprint density at radius 1 is 1.23 bits per heavy atom. The van der Waals surface area contributed by atoms with Crippen LogP contribution in [0, 0.1) is 0 Å². The Kier molecular flexibility index (Phi) is 8.75. The summed E-state index contributed by atoms with van der Waals surface area (Å²) >= 11 is 5.88. The number of halogens is 1. The summed E-state index contributed by atoms with van der Waals surface area (Å²) in [5.41, 5.74) is 0. The predicted molar refractivity (Wildman–Crippen MR) is 105 cm³/mol. The SMILES string of the molecule is CCNC(=NCCCCn1cnnc1)N(C)CCOc1ccc(Cl)cc1. The maximum atomic E-state index is 5.88. The number of rotatable bonds is 10. The number of nitrogens with one attached hydrogen (secondary N) is 1. The molecule has 0 spiro atoms. The molecule has 7 nitrogen and oxygen atoms in total. The van der Waals surface area contributed by atoms with Crippen LogP contribution in [-0.2, 0) is 6.54 Å². The summed E-state index contributed by atoms with van der Waals surface area (Å²) in [5.74, 6) is 1.72. The average Bonchev–Trinajstić information content (AvgIpc) is 3.15. The highest BCUT2D eigenvalue weighted by atomic mass is 35.5. The number of hydrogen-bond acceptors (Lipinski definition) is 4. The molecule has 142 valence electrons. The number of benzene rings is 1. The van der Waals surface area contributed by atoms with Crippen molar-refractivity contribution in [3.8, 4) is 5.75 Å². The smallest absolute Gasteiger partial charge is 0.193 e. The van der Waals surface area contributed by atoms with Gasteiger partial charge in [-0.1, -0.05) is 11.6 Å². The second kappa shape index (κ2) is 11.4. The summed E-state index contributed by atoms with van der Waals surface area (Å²) in [5, 5.41) is 11.6. The Morgan fingerprint density at radius 3 is 2.65 bits per heavy atom. The van der Waals surface area contributed by atoms with Crippen molar-refractivity contribution in [2.45, 2.75) is 26.3 Å². The standard InChI is InChI=1S/C18H27ClN6O/c1-3-20-18(21-10-4-5-11-25-14-22-23-15-25)24(2)12-13-26-17-8-6-16(19)7-9-17/h6-9,14-15H,3-5,10-13H2,1-2H3,(H,20,21). The van der Waals surface area contributed by atoms with Crippen molar-refractivity contribution in [3.05, 3.63) is 41.9 Å². The van der Waals surface area contributed by atoms with Crippen molar-refractivity contribution in [2.24, 2.45) is 4.99 Å². The minimum atomic E-state index is 0.580. The maximum absolute atomic E-state index is 5.88. The van der Waals surface area contributed by atoms with Gasteiger partial charge in [-0.3, -0.25) is 4.99 Å². The molecule has 0 aliphatic rings. The second-order valence-corrected chi connectivity index (χ2v) is 6.30. The Hall–Kier alpha value is -2.28. The van der Waals surface area contributed by atoms with E-state index in [9.17, 15) is 0 Å². The van der Waals surface area contributed by atoms with Gasteiger partial charge in [0.25, 0.3) is 0 Å². The molecule has 0 saturated carbocycles. The van der Waals surface area contributed by atoms with Gasteiger partial charge in [-0.05, 0) is 44.0 Å². The van der Waals surface area contributed by atoms with Crippen LogP contribution in [0.4, 0.5) is 0 Å². The molecule has 0 atom stereocenters. The summed E-state index contributed by atoms with van der Waals surface area (Å²) in [6.45, 7) is 5.93. The highest BCUT2D eigenvalue weighted by Crippen LogP contribution is 2.15. The minimum absolute atomic E-state index is 0.580. The van der Waals surface area contributed by atoms with Crippen molar-refractivity contribution in [1.29, 1.82) is 0 Å². The maximum Gasteiger partial charge on any atom is 0.193 e. The van der Waals surface area contributed by atoms with Gasteiger partial charge in [-0.25, -0.2) is 0 Å². The third kappa shape index (κ3) is 7.31. The first-order chi connectivity index (χ1) is 12.7. The lowest BCUT2D eigenvalue weighted by molar-refractivity contribution is 0.281. The number of likely N-dealkylation sites (N-methyl/N-ethyl adjacent to an activating group) is 1. The zero-order valence-corrected chi connectivity index (χ0v) is 16.2. The van der Waals surface area contributed by atoms with Crippen molar-refractivity contribution in [1.82, 2.24) is 25.0 Å². The number of aryl methyl sites for hydroxylation is 1. The van der Waals surface area contributed by atoms with Crippen LogP contribution in [0.3, 0.4) is 0 Å². The van der Waals surface area contributed by atoms with Gasteiger partial charge >= 0.3 is 0 Å². The number of aliphatic imine (C=N–C) groups is 1. The molecule has 0 aliphatic carbocycles. The summed E-state index contributed by atoms with van der Waals surface area (Å²) in [7, 11) is 2.02. The summed E-state index contributed by atoms with van der Waals surface area (Å²) in [4.78, 5) is 6.77. The van der Waals surface area contributed by atoms with E-state index in [1.807, 2.05) is 35.9 Å². The molecular weight excluding hydrogens is 352 g/mol. The van der Waals surface area contributed by atoms with Crippen molar-refractivity contribution in [2.75, 3.05) is 33.3 Å². The number of nitrogens with zero attached hydrogens (tertiary/aromatic N) is 5. The van der Waals surface area contributed by atoms with Crippen LogP contribution in [-0.4, -0.2) is 58.9 Å². The monoisotopic (exact) mass is 378 g/mol. The number of unbranched alkanes of at least 4 members (excludes halogenated alkanes) is 1. The molecule has 0 unspecified atom stereocenters. The molecule has 1 N–H and O–H groups in total. The molecule has 26 heavy (non-hydrogen) atoms. The minimum Gasteiger partial charge on any atom is -0.492 e. The molecule has 0 fully saturated rings. The van der Waals surface area contributed by atoms with E-state index in [-0.39, 0.29) is 0 Å². The fraction of sp³-hybridized carbons (Fsp3) is 0.500. The zero-order valence-electron chi connectivity index (χ0n) is 15.4. The molecular formula is C18H27ClN6O. The first-order valence-corrected chi connectivity index (χ1v) is 9.27. The van der Waals surface area contributed by atoms with E-state index in [2.05, 4.69) is 32.3 Å². The summed E-state index contributed by atoms with van der Waals surface area (Å²) in [6, 6.07) is 7.40. The number of ether oxygens (including phenoxy) is 1. The van der Waals surface area contributed by atoms with Gasteiger partial charge in [0.15, 0.2) is 5.96 Å². The van der Waals surface area contributed by atoms with Gasteiger partial charge < -0.3 is 19.5 Å². The highest BCUT2D eigenvalue weighted by Gasteiger charge is 2.05. The van der Waals surface area contributed by atoms with Gasteiger partial charge in [0, 0.05) is 31.7 Å². The number of aromatic nitrogens is 3. The van der Waals surface area contributed by atoms with Gasteiger partial charge in [0.1, 0.15) is 25.0 Å². The molecule has 1 aromatic carbocycles. The van der Waals surface area contributed by atoms with E-state index in [1.54, 1.807) is 12.7 Å². The van der Waals surface area contributed by atoms with Crippen molar-refractivity contribution >= 4 is 17.6 Å². The number of guanidine groups is 1. The van der Waals surface area contributed by atoms with E-state index >= 15 is 0 Å². The molecule has 8 heteroatoms. The third-order valence-electron chi connectivity index (χ3n) is 3.76. The molecule has 0 bridgehead atoms. The lowest BCUT2D eigenvalue weighted by Gasteiger charge is -2.22. The first kappa shape index (κ1) is 20.0. The fourth-order valence-electron chi connectivity index (χ4n) is 2.34. The molecule has 1 aromatic heterocycles. The quantitative estimate of drug-likeness (QED) is 0.391. The number of hydrogen-bond donors (Lipinski definition) is 1. The molecule has 1 heterocycles. The van der Waals surface area contributed by atoms with Crippen LogP contribution in [0.2, 0.25) is 5.02 Å². The Labute approximate surface area is 160 Å². The van der Waals surface area contributed by atoms with Crippen LogP contribution in [0.25, 0.3) is 0 Å². The van der Waals surface area contributed by atoms with Gasteiger partial charge in [0.05, 0.1) is 6.54 Å². The fourth-order valence-corrected chi connectivity index (χ4v) is 2.46. The van der Waals surface area contributed by atoms with Crippen LogP contribution >= 0.6 is 11.6 Å². The predicted octanol–water partition coefficient (Wildman–Crippen LogP) is 2.69. The van der Waals surface area contributed by atoms with Crippen LogP contribution < -0.4 is 10.1 Å². The summed E-state index contributed by atoms with van der Waals surface area (Å²) in [6.07, 6.45) is 5.54. The van der Waals surface area contributed by atoms with E-state index in [0.717, 1.165) is 50.7 Å². The average molecular weight is 379 g/mol. The highest BCUT2D eigenvalue weighted by molar-refractivity contribution is 6.30. The molecule has 0 amide bonds. The van der Waals surface area contributed by atoms with Crippen LogP contribution in [0.5, 0.6) is 5.75 Å². The molecule has 2 rings (SSSR count). The van der Waals surface area contributed by atoms with E-state index < -0.39 is 0 Å². The third-order valence-corrected chi connectivity index (χ3v) is 4.01. The Morgan fingerprint density at radius 2 is 1.96 bits per heavy atom. The van der Waals surface area contributed by atoms with E-state index in [1.165, 1.54) is 0 Å². The van der Waals surface area contributed by atoms with E-state index in [4.69, 9.17) is 16.3 Å². The van der Waals surface area contributed by atoms with E-state index in [0.29, 0.717) is 11.6 Å². The van der Waals surface area contributed by atoms with Crippen LogP contribution in [0.1, 0.15) is 19.8 Å². The zero-order chi connectivity index (χ0) is 18.6. The Balaban J connectivity index is 1.70. The van der Waals surface area contributed by atoms with Gasteiger partial charge in [-0.2, -0.15) is 0 Å². The van der Waals surface area contributed by atoms with Crippen molar-refractivity contribution in [3.63, 3.8) is 0 Å². The van der Waals surface area contributed by atoms with Crippen molar-refractivity contribution < 1.29 is 4.74 Å². The molecule has 0 saturated heterocycles. The largest absolute Gasteiger partial charge is 0.492 e. The molecule has 2 aromatic rings. The van der Waals surface area contributed by atoms with Gasteiger partial charge in [0.2, 0.25) is 0 Å². The van der Waals surface area contributed by atoms with Crippen LogP contribution in [0.15, 0.2) is 41.9 Å². The Bertz CT molecular complexity index is 644. The topological polar surface area (TPSA) is 67.6 Å². The molecule has 0 radical (unpaired) electrons. The normalized spacial score (nSPS) is 11.4. The first-order valence-electron chi connectivity index (χ1n) is 8.89. The summed E-state index contributed by atoms with van der Waals surface area (Å²) < 4.78 is 7.73. The lowest BCUT2D eigenvalue weighted by Crippen LogP contribution is -2.41. The lowest BCUT2D eigenvalue weighted by atomic mass is 10.3. The second-order valence-electron chi connectivity index (χ2n) is 5.87. The van der Waals surface area contributed by atoms with Gasteiger partial charge in [-0.15, -0.1) is 10.2 Å². The molecule has 0 aliphatic heterocycles.